The third-order valence-electron chi connectivity index (χ3n) is 5.48. The number of thiocarbonyl (C=S) groups is 1. The monoisotopic (exact) mass is 519 g/mol. The molecule has 6 nitrogen and oxygen atoms in total. The van der Waals surface area contributed by atoms with Crippen LogP contribution >= 0.6 is 24.0 Å². The van der Waals surface area contributed by atoms with Gasteiger partial charge in [-0.05, 0) is 55.0 Å². The summed E-state index contributed by atoms with van der Waals surface area (Å²) >= 11 is 6.68. The maximum Gasteiger partial charge on any atom is 0.266 e. The average Bonchev–Trinajstić information content (AvgIpc) is 3.61. The third kappa shape index (κ3) is 4.98. The molecule has 0 N–H and O–H groups in total. The summed E-state index contributed by atoms with van der Waals surface area (Å²) in [6.45, 7) is 2.66. The van der Waals surface area contributed by atoms with Crippen LogP contribution in [-0.2, 0) is 11.3 Å². The highest BCUT2D eigenvalue weighted by Crippen LogP contribution is 2.36. The van der Waals surface area contributed by atoms with E-state index in [0.29, 0.717) is 38.4 Å². The summed E-state index contributed by atoms with van der Waals surface area (Å²) in [5.41, 5.74) is 2.62. The average molecular weight is 520 g/mol. The molecule has 0 aliphatic carbocycles. The van der Waals surface area contributed by atoms with E-state index >= 15 is 0 Å². The Kier molecular flexibility index (Phi) is 7.02. The van der Waals surface area contributed by atoms with Gasteiger partial charge in [0.2, 0.25) is 0 Å². The SMILES string of the molecule is CCCOc1ccc(-c2nn(-c3ccccc3)cc2/C=C2\SC(=S)N(Cc3ccco3)C2=O)cc1F. The van der Waals surface area contributed by atoms with Crippen LogP contribution in [0.2, 0.25) is 0 Å². The number of thioether (sulfide) groups is 1. The smallest absolute Gasteiger partial charge is 0.266 e. The second kappa shape index (κ2) is 10.5. The Hall–Kier alpha value is -3.69. The van der Waals surface area contributed by atoms with E-state index in [1.807, 2.05) is 43.5 Å². The Morgan fingerprint density at radius 2 is 2.00 bits per heavy atom. The summed E-state index contributed by atoms with van der Waals surface area (Å²) in [7, 11) is 0. The Labute approximate surface area is 217 Å². The molecule has 0 spiro atoms. The van der Waals surface area contributed by atoms with Crippen LogP contribution in [0.15, 0.2) is 82.4 Å². The van der Waals surface area contributed by atoms with Gasteiger partial charge in [-0.15, -0.1) is 0 Å². The van der Waals surface area contributed by atoms with Crippen molar-refractivity contribution < 1.29 is 18.3 Å². The largest absolute Gasteiger partial charge is 0.491 e. The van der Waals surface area contributed by atoms with Gasteiger partial charge in [0.1, 0.15) is 15.8 Å². The van der Waals surface area contributed by atoms with Crippen molar-refractivity contribution in [1.29, 1.82) is 0 Å². The van der Waals surface area contributed by atoms with Crippen molar-refractivity contribution in [1.82, 2.24) is 14.7 Å². The summed E-state index contributed by atoms with van der Waals surface area (Å²) < 4.78 is 27.8. The highest BCUT2D eigenvalue weighted by molar-refractivity contribution is 8.26. The second-order valence-corrected chi connectivity index (χ2v) is 9.73. The lowest BCUT2D eigenvalue weighted by molar-refractivity contribution is -0.122. The number of hydrogen-bond acceptors (Lipinski definition) is 6. The maximum absolute atomic E-state index is 14.8. The molecule has 1 fully saturated rings. The first-order chi connectivity index (χ1) is 17.5. The van der Waals surface area contributed by atoms with Crippen molar-refractivity contribution in [2.45, 2.75) is 19.9 Å². The van der Waals surface area contributed by atoms with Crippen molar-refractivity contribution in [2.75, 3.05) is 6.61 Å². The van der Waals surface area contributed by atoms with Crippen LogP contribution in [0.5, 0.6) is 5.75 Å². The molecule has 1 aliphatic rings. The van der Waals surface area contributed by atoms with Crippen LogP contribution in [0.25, 0.3) is 23.0 Å². The Bertz CT molecular complexity index is 1430. The standard InChI is InChI=1S/C27H22FN3O3S2/c1-2-12-34-23-11-10-18(14-22(23)28)25-19(16-31(29-25)20-7-4-3-5-8-20)15-24-26(32)30(27(35)36-24)17-21-9-6-13-33-21/h3-11,13-16H,2,12,17H2,1H3/b24-15-. The van der Waals surface area contributed by atoms with Crippen LogP contribution in [0.4, 0.5) is 4.39 Å². The van der Waals surface area contributed by atoms with Crippen molar-refractivity contribution >= 4 is 40.3 Å². The molecule has 1 amide bonds. The van der Waals surface area contributed by atoms with Crippen LogP contribution in [-0.4, -0.2) is 31.5 Å². The van der Waals surface area contributed by atoms with Gasteiger partial charge in [0.25, 0.3) is 5.91 Å². The number of furan rings is 1. The van der Waals surface area contributed by atoms with Gasteiger partial charge in [0.05, 0.1) is 30.0 Å². The maximum atomic E-state index is 14.8. The first-order valence-electron chi connectivity index (χ1n) is 11.4. The van der Waals surface area contributed by atoms with Crippen LogP contribution < -0.4 is 4.74 Å². The Morgan fingerprint density at radius 3 is 2.72 bits per heavy atom. The molecule has 5 rings (SSSR count). The number of halogens is 1. The summed E-state index contributed by atoms with van der Waals surface area (Å²) in [6, 6.07) is 17.9. The van der Waals surface area contributed by atoms with Crippen molar-refractivity contribution in [3.8, 4) is 22.7 Å². The topological polar surface area (TPSA) is 60.5 Å². The molecule has 2 aromatic heterocycles. The van der Waals surface area contributed by atoms with Crippen molar-refractivity contribution in [3.05, 3.63) is 95.2 Å². The minimum atomic E-state index is -0.467. The van der Waals surface area contributed by atoms with E-state index in [-0.39, 0.29) is 18.2 Å². The van der Waals surface area contributed by atoms with Gasteiger partial charge < -0.3 is 9.15 Å². The van der Waals surface area contributed by atoms with E-state index in [9.17, 15) is 9.18 Å². The summed E-state index contributed by atoms with van der Waals surface area (Å²) in [5, 5.41) is 4.73. The molecule has 9 heteroatoms. The van der Waals surface area contributed by atoms with E-state index in [4.69, 9.17) is 26.5 Å². The fraction of sp³-hybridized carbons (Fsp3) is 0.148. The lowest BCUT2D eigenvalue weighted by Gasteiger charge is -2.11. The minimum Gasteiger partial charge on any atom is -0.491 e. The number of hydrogen-bond donors (Lipinski definition) is 0. The number of para-hydroxylation sites is 1. The molecule has 1 saturated heterocycles. The summed E-state index contributed by atoms with van der Waals surface area (Å²) in [5.74, 6) is 0.162. The van der Waals surface area contributed by atoms with E-state index in [1.54, 1.807) is 41.3 Å². The number of carbonyl (C=O) groups is 1. The van der Waals surface area contributed by atoms with E-state index < -0.39 is 5.82 Å². The molecule has 0 atom stereocenters. The number of ether oxygens (including phenoxy) is 1. The zero-order valence-corrected chi connectivity index (χ0v) is 21.0. The molecule has 0 radical (unpaired) electrons. The van der Waals surface area contributed by atoms with E-state index in [0.717, 1.165) is 12.1 Å². The highest BCUT2D eigenvalue weighted by Gasteiger charge is 2.33. The first kappa shape index (κ1) is 24.0. The fourth-order valence-electron chi connectivity index (χ4n) is 3.74. The number of benzene rings is 2. The molecule has 182 valence electrons. The quantitative estimate of drug-likeness (QED) is 0.197. The lowest BCUT2D eigenvalue weighted by atomic mass is 10.1. The Balaban J connectivity index is 1.53. The van der Waals surface area contributed by atoms with Crippen molar-refractivity contribution in [2.24, 2.45) is 0 Å². The first-order valence-corrected chi connectivity index (χ1v) is 12.6. The normalized spacial score (nSPS) is 14.7. The van der Waals surface area contributed by atoms with E-state index in [1.165, 1.54) is 22.7 Å². The van der Waals surface area contributed by atoms with Crippen molar-refractivity contribution in [3.63, 3.8) is 0 Å². The minimum absolute atomic E-state index is 0.198. The van der Waals surface area contributed by atoms with Crippen LogP contribution in [0.1, 0.15) is 24.7 Å². The lowest BCUT2D eigenvalue weighted by Crippen LogP contribution is -2.27. The van der Waals surface area contributed by atoms with Gasteiger partial charge in [-0.3, -0.25) is 9.69 Å². The zero-order chi connectivity index (χ0) is 25.1. The molecule has 3 heterocycles. The van der Waals surface area contributed by atoms with Crippen LogP contribution in [0, 0.1) is 5.82 Å². The summed E-state index contributed by atoms with van der Waals surface area (Å²) in [4.78, 5) is 15.1. The third-order valence-corrected chi connectivity index (χ3v) is 6.86. The molecule has 4 aromatic rings. The van der Waals surface area contributed by atoms with Crippen LogP contribution in [0.3, 0.4) is 0 Å². The fourth-order valence-corrected chi connectivity index (χ4v) is 4.99. The molecule has 0 bridgehead atoms. The molecule has 36 heavy (non-hydrogen) atoms. The molecule has 1 aliphatic heterocycles. The second-order valence-electron chi connectivity index (χ2n) is 8.05. The number of amides is 1. The molecular formula is C27H22FN3O3S2. The number of nitrogens with zero attached hydrogens (tertiary/aromatic N) is 3. The van der Waals surface area contributed by atoms with Gasteiger partial charge >= 0.3 is 0 Å². The molecular weight excluding hydrogens is 497 g/mol. The summed E-state index contributed by atoms with van der Waals surface area (Å²) in [6.07, 6.45) is 5.92. The predicted molar refractivity (Wildman–Crippen MR) is 142 cm³/mol. The predicted octanol–water partition coefficient (Wildman–Crippen LogP) is 6.46. The number of rotatable bonds is 8. The van der Waals surface area contributed by atoms with E-state index in [2.05, 4.69) is 0 Å². The highest BCUT2D eigenvalue weighted by atomic mass is 32.2. The molecule has 0 unspecified atom stereocenters. The van der Waals surface area contributed by atoms with Gasteiger partial charge in [-0.2, -0.15) is 5.10 Å². The zero-order valence-electron chi connectivity index (χ0n) is 19.4. The van der Waals surface area contributed by atoms with Gasteiger partial charge in [-0.1, -0.05) is 49.1 Å². The number of carbonyl (C=O) groups excluding carboxylic acids is 1. The Morgan fingerprint density at radius 1 is 1.17 bits per heavy atom. The molecule has 2 aromatic carbocycles. The van der Waals surface area contributed by atoms with Gasteiger partial charge in [-0.25, -0.2) is 9.07 Å². The van der Waals surface area contributed by atoms with Gasteiger partial charge in [0, 0.05) is 17.3 Å². The number of aromatic nitrogens is 2. The molecule has 0 saturated carbocycles. The van der Waals surface area contributed by atoms with Gasteiger partial charge in [0.15, 0.2) is 11.6 Å².